The van der Waals surface area contributed by atoms with Crippen molar-refractivity contribution in [3.8, 4) is 0 Å². The summed E-state index contributed by atoms with van der Waals surface area (Å²) in [6.45, 7) is 10.8. The van der Waals surface area contributed by atoms with E-state index in [1.165, 1.54) is 11.3 Å². The molecule has 0 aromatic heterocycles. The average molecular weight is 206 g/mol. The molecule has 15 heavy (non-hydrogen) atoms. The SMILES string of the molecule is CCN(CC(C)C)c1cc(C)ccc1N. The molecule has 2 nitrogen and oxygen atoms in total. The maximum atomic E-state index is 6.00. The number of hydrogen-bond acceptors (Lipinski definition) is 2. The minimum absolute atomic E-state index is 0.657. The van der Waals surface area contributed by atoms with Crippen molar-refractivity contribution in [1.29, 1.82) is 0 Å². The average Bonchev–Trinajstić information content (AvgIpc) is 2.18. The van der Waals surface area contributed by atoms with Crippen molar-refractivity contribution in [3.63, 3.8) is 0 Å². The monoisotopic (exact) mass is 206 g/mol. The second kappa shape index (κ2) is 5.06. The molecule has 0 aliphatic heterocycles. The molecule has 0 aliphatic rings. The predicted molar refractivity (Wildman–Crippen MR) is 68.3 cm³/mol. The van der Waals surface area contributed by atoms with Crippen LogP contribution >= 0.6 is 0 Å². The van der Waals surface area contributed by atoms with E-state index in [4.69, 9.17) is 5.73 Å². The Kier molecular flexibility index (Phi) is 4.01. The van der Waals surface area contributed by atoms with Crippen molar-refractivity contribution >= 4 is 11.4 Å². The Morgan fingerprint density at radius 2 is 2.00 bits per heavy atom. The minimum atomic E-state index is 0.657. The van der Waals surface area contributed by atoms with Gasteiger partial charge >= 0.3 is 0 Å². The van der Waals surface area contributed by atoms with Crippen LogP contribution in [0.3, 0.4) is 0 Å². The quantitative estimate of drug-likeness (QED) is 0.767. The fraction of sp³-hybridized carbons (Fsp3) is 0.538. The van der Waals surface area contributed by atoms with Crippen molar-refractivity contribution in [2.75, 3.05) is 23.7 Å². The van der Waals surface area contributed by atoms with Crippen LogP contribution in [0.4, 0.5) is 11.4 Å². The molecule has 1 rings (SSSR count). The highest BCUT2D eigenvalue weighted by molar-refractivity contribution is 5.68. The van der Waals surface area contributed by atoms with E-state index in [0.717, 1.165) is 18.8 Å². The van der Waals surface area contributed by atoms with E-state index >= 15 is 0 Å². The number of aryl methyl sites for hydroxylation is 1. The molecule has 0 heterocycles. The first kappa shape index (κ1) is 11.9. The van der Waals surface area contributed by atoms with Gasteiger partial charge in [0.2, 0.25) is 0 Å². The summed E-state index contributed by atoms with van der Waals surface area (Å²) in [5, 5.41) is 0. The molecule has 1 aromatic carbocycles. The normalized spacial score (nSPS) is 10.7. The molecule has 2 heteroatoms. The van der Waals surface area contributed by atoms with Gasteiger partial charge < -0.3 is 10.6 Å². The third-order valence-electron chi connectivity index (χ3n) is 2.49. The molecular weight excluding hydrogens is 184 g/mol. The lowest BCUT2D eigenvalue weighted by atomic mass is 10.1. The summed E-state index contributed by atoms with van der Waals surface area (Å²) in [6.07, 6.45) is 0. The van der Waals surface area contributed by atoms with Crippen LogP contribution in [0.2, 0.25) is 0 Å². The maximum absolute atomic E-state index is 6.00. The maximum Gasteiger partial charge on any atom is 0.0602 e. The van der Waals surface area contributed by atoms with E-state index in [2.05, 4.69) is 44.7 Å². The summed E-state index contributed by atoms with van der Waals surface area (Å²) in [6, 6.07) is 6.22. The summed E-state index contributed by atoms with van der Waals surface area (Å²) < 4.78 is 0. The molecule has 1 aromatic rings. The van der Waals surface area contributed by atoms with E-state index in [0.29, 0.717) is 5.92 Å². The molecule has 0 bridgehead atoms. The van der Waals surface area contributed by atoms with Gasteiger partial charge in [-0.3, -0.25) is 0 Å². The van der Waals surface area contributed by atoms with Crippen LogP contribution in [-0.2, 0) is 0 Å². The highest BCUT2D eigenvalue weighted by atomic mass is 15.1. The third-order valence-corrected chi connectivity index (χ3v) is 2.49. The van der Waals surface area contributed by atoms with E-state index in [1.54, 1.807) is 0 Å². The van der Waals surface area contributed by atoms with Crippen LogP contribution in [0.15, 0.2) is 18.2 Å². The number of nitrogens with two attached hydrogens (primary N) is 1. The molecule has 0 atom stereocenters. The summed E-state index contributed by atoms with van der Waals surface area (Å²) in [4.78, 5) is 2.34. The van der Waals surface area contributed by atoms with Gasteiger partial charge in [-0.15, -0.1) is 0 Å². The molecule has 0 saturated heterocycles. The Balaban J connectivity index is 2.95. The first-order valence-corrected chi connectivity index (χ1v) is 5.65. The number of rotatable bonds is 4. The Morgan fingerprint density at radius 3 is 2.53 bits per heavy atom. The fourth-order valence-electron chi connectivity index (χ4n) is 1.77. The van der Waals surface area contributed by atoms with Gasteiger partial charge in [0.25, 0.3) is 0 Å². The summed E-state index contributed by atoms with van der Waals surface area (Å²) in [7, 11) is 0. The van der Waals surface area contributed by atoms with Crippen molar-refractivity contribution in [1.82, 2.24) is 0 Å². The van der Waals surface area contributed by atoms with E-state index < -0.39 is 0 Å². The van der Waals surface area contributed by atoms with Crippen molar-refractivity contribution in [2.24, 2.45) is 5.92 Å². The van der Waals surface area contributed by atoms with E-state index in [9.17, 15) is 0 Å². The first-order chi connectivity index (χ1) is 7.04. The molecule has 0 unspecified atom stereocenters. The highest BCUT2D eigenvalue weighted by Crippen LogP contribution is 2.24. The highest BCUT2D eigenvalue weighted by Gasteiger charge is 2.09. The van der Waals surface area contributed by atoms with Gasteiger partial charge in [-0.2, -0.15) is 0 Å². The van der Waals surface area contributed by atoms with Crippen molar-refractivity contribution in [2.45, 2.75) is 27.7 Å². The van der Waals surface area contributed by atoms with E-state index in [1.807, 2.05) is 6.07 Å². The smallest absolute Gasteiger partial charge is 0.0602 e. The van der Waals surface area contributed by atoms with Crippen molar-refractivity contribution in [3.05, 3.63) is 23.8 Å². The second-order valence-corrected chi connectivity index (χ2v) is 4.49. The molecule has 0 spiro atoms. The molecule has 0 saturated carbocycles. The van der Waals surface area contributed by atoms with Gasteiger partial charge in [0, 0.05) is 13.1 Å². The van der Waals surface area contributed by atoms with Gasteiger partial charge in [0.15, 0.2) is 0 Å². The Morgan fingerprint density at radius 1 is 1.33 bits per heavy atom. The van der Waals surface area contributed by atoms with Crippen LogP contribution in [0.5, 0.6) is 0 Å². The predicted octanol–water partition coefficient (Wildman–Crippen LogP) is 3.06. The van der Waals surface area contributed by atoms with Crippen molar-refractivity contribution < 1.29 is 0 Å². The van der Waals surface area contributed by atoms with Crippen LogP contribution in [0.25, 0.3) is 0 Å². The molecule has 0 amide bonds. The number of anilines is 2. The summed E-state index contributed by atoms with van der Waals surface area (Å²) in [5.74, 6) is 0.657. The number of benzene rings is 1. The number of hydrogen-bond donors (Lipinski definition) is 1. The van der Waals surface area contributed by atoms with Gasteiger partial charge in [0.1, 0.15) is 0 Å². The molecular formula is C13H22N2. The lowest BCUT2D eigenvalue weighted by Gasteiger charge is -2.26. The largest absolute Gasteiger partial charge is 0.397 e. The molecule has 0 radical (unpaired) electrons. The zero-order valence-electron chi connectivity index (χ0n) is 10.2. The van der Waals surface area contributed by atoms with Gasteiger partial charge in [-0.1, -0.05) is 19.9 Å². The molecule has 84 valence electrons. The Hall–Kier alpha value is -1.18. The summed E-state index contributed by atoms with van der Waals surface area (Å²) in [5.41, 5.74) is 9.32. The van der Waals surface area contributed by atoms with Crippen LogP contribution < -0.4 is 10.6 Å². The van der Waals surface area contributed by atoms with Crippen LogP contribution in [0, 0.1) is 12.8 Å². The Bertz CT molecular complexity index is 318. The minimum Gasteiger partial charge on any atom is -0.397 e. The summed E-state index contributed by atoms with van der Waals surface area (Å²) >= 11 is 0. The fourth-order valence-corrected chi connectivity index (χ4v) is 1.77. The molecule has 2 N–H and O–H groups in total. The third kappa shape index (κ3) is 3.15. The number of nitrogens with zero attached hydrogens (tertiary/aromatic N) is 1. The van der Waals surface area contributed by atoms with E-state index in [-0.39, 0.29) is 0 Å². The Labute approximate surface area is 93.1 Å². The zero-order valence-corrected chi connectivity index (χ0v) is 10.2. The standard InChI is InChI=1S/C13H22N2/c1-5-15(9-10(2)3)13-8-11(4)6-7-12(13)14/h6-8,10H,5,9,14H2,1-4H3. The first-order valence-electron chi connectivity index (χ1n) is 5.65. The van der Waals surface area contributed by atoms with Crippen LogP contribution in [0.1, 0.15) is 26.3 Å². The topological polar surface area (TPSA) is 29.3 Å². The second-order valence-electron chi connectivity index (χ2n) is 4.49. The lowest BCUT2D eigenvalue weighted by Crippen LogP contribution is -2.28. The number of nitrogen functional groups attached to an aromatic ring is 1. The van der Waals surface area contributed by atoms with Gasteiger partial charge in [-0.05, 0) is 37.5 Å². The zero-order chi connectivity index (χ0) is 11.4. The van der Waals surface area contributed by atoms with Crippen LogP contribution in [-0.4, -0.2) is 13.1 Å². The molecule has 0 fully saturated rings. The van der Waals surface area contributed by atoms with Gasteiger partial charge in [-0.25, -0.2) is 0 Å². The van der Waals surface area contributed by atoms with Gasteiger partial charge in [0.05, 0.1) is 11.4 Å². The lowest BCUT2D eigenvalue weighted by molar-refractivity contribution is 0.619. The molecule has 0 aliphatic carbocycles.